The number of amides is 1. The number of ether oxygens (including phenoxy) is 1. The lowest BCUT2D eigenvalue weighted by Crippen LogP contribution is -2.38. The van der Waals surface area contributed by atoms with Crippen LogP contribution in [0.3, 0.4) is 0 Å². The quantitative estimate of drug-likeness (QED) is 0.809. The van der Waals surface area contributed by atoms with Crippen molar-refractivity contribution >= 4 is 17.7 Å². The molecule has 1 heterocycles. The van der Waals surface area contributed by atoms with Gasteiger partial charge in [0.2, 0.25) is 0 Å². The lowest BCUT2D eigenvalue weighted by Gasteiger charge is -2.26. The van der Waals surface area contributed by atoms with Crippen molar-refractivity contribution in [2.75, 3.05) is 31.7 Å². The summed E-state index contributed by atoms with van der Waals surface area (Å²) in [7, 11) is 1.47. The Morgan fingerprint density at radius 1 is 1.41 bits per heavy atom. The second-order valence-corrected chi connectivity index (χ2v) is 4.98. The first-order valence-electron chi connectivity index (χ1n) is 5.43. The largest absolute Gasteiger partial charge is 0.497 e. The van der Waals surface area contributed by atoms with Crippen LogP contribution in [0, 0.1) is 5.82 Å². The maximum atomic E-state index is 13.7. The van der Waals surface area contributed by atoms with E-state index in [9.17, 15) is 9.18 Å². The van der Waals surface area contributed by atoms with Crippen molar-refractivity contribution < 1.29 is 13.9 Å². The van der Waals surface area contributed by atoms with Crippen molar-refractivity contribution in [3.63, 3.8) is 0 Å². The first-order valence-corrected chi connectivity index (χ1v) is 6.58. The summed E-state index contributed by atoms with van der Waals surface area (Å²) in [6.07, 6.45) is 0. The summed E-state index contributed by atoms with van der Waals surface area (Å²) in [4.78, 5) is 13.8. The maximum Gasteiger partial charge on any atom is 0.256 e. The molecule has 1 aliphatic rings. The first-order chi connectivity index (χ1) is 8.22. The Kier molecular flexibility index (Phi) is 3.89. The highest BCUT2D eigenvalue weighted by Gasteiger charge is 2.21. The number of rotatable bonds is 2. The van der Waals surface area contributed by atoms with Crippen molar-refractivity contribution in [3.05, 3.63) is 29.6 Å². The Bertz CT molecular complexity index is 419. The molecule has 0 N–H and O–H groups in total. The van der Waals surface area contributed by atoms with Gasteiger partial charge >= 0.3 is 0 Å². The smallest absolute Gasteiger partial charge is 0.256 e. The highest BCUT2D eigenvalue weighted by atomic mass is 32.2. The number of benzene rings is 1. The highest BCUT2D eigenvalue weighted by Crippen LogP contribution is 2.19. The van der Waals surface area contributed by atoms with Crippen LogP contribution in [0.5, 0.6) is 5.75 Å². The zero-order chi connectivity index (χ0) is 12.3. The van der Waals surface area contributed by atoms with Gasteiger partial charge in [0.05, 0.1) is 12.7 Å². The van der Waals surface area contributed by atoms with Gasteiger partial charge in [0.25, 0.3) is 5.91 Å². The van der Waals surface area contributed by atoms with E-state index >= 15 is 0 Å². The van der Waals surface area contributed by atoms with Gasteiger partial charge < -0.3 is 9.64 Å². The van der Waals surface area contributed by atoms with Crippen LogP contribution in [-0.2, 0) is 0 Å². The van der Waals surface area contributed by atoms with Gasteiger partial charge in [0, 0.05) is 30.7 Å². The van der Waals surface area contributed by atoms with Gasteiger partial charge in [-0.05, 0) is 12.1 Å². The number of methoxy groups -OCH3 is 1. The van der Waals surface area contributed by atoms with Crippen LogP contribution < -0.4 is 4.74 Å². The van der Waals surface area contributed by atoms with Crippen LogP contribution in [-0.4, -0.2) is 42.5 Å². The molecule has 1 fully saturated rings. The Balaban J connectivity index is 2.18. The minimum Gasteiger partial charge on any atom is -0.497 e. The first kappa shape index (κ1) is 12.2. The molecule has 0 aromatic heterocycles. The Hall–Kier alpha value is -1.23. The lowest BCUT2D eigenvalue weighted by molar-refractivity contribution is 0.0767. The molecule has 3 nitrogen and oxygen atoms in total. The third kappa shape index (κ3) is 2.72. The molecule has 17 heavy (non-hydrogen) atoms. The predicted octanol–water partition coefficient (Wildman–Crippen LogP) is 2.02. The number of hydrogen-bond donors (Lipinski definition) is 0. The van der Waals surface area contributed by atoms with Crippen LogP contribution >= 0.6 is 11.8 Å². The van der Waals surface area contributed by atoms with Gasteiger partial charge in [-0.3, -0.25) is 4.79 Å². The summed E-state index contributed by atoms with van der Waals surface area (Å²) in [6, 6.07) is 4.33. The predicted molar refractivity (Wildman–Crippen MR) is 66.2 cm³/mol. The van der Waals surface area contributed by atoms with Gasteiger partial charge in [0.15, 0.2) is 0 Å². The fourth-order valence-corrected chi connectivity index (χ4v) is 2.64. The molecule has 1 amide bonds. The van der Waals surface area contributed by atoms with Gasteiger partial charge in [-0.2, -0.15) is 11.8 Å². The molecule has 0 spiro atoms. The zero-order valence-electron chi connectivity index (χ0n) is 9.61. The fraction of sp³-hybridized carbons (Fsp3) is 0.417. The van der Waals surface area contributed by atoms with Crippen molar-refractivity contribution in [1.29, 1.82) is 0 Å². The van der Waals surface area contributed by atoms with Gasteiger partial charge in [-0.1, -0.05) is 0 Å². The molecule has 0 unspecified atom stereocenters. The van der Waals surface area contributed by atoms with Crippen LogP contribution in [0.25, 0.3) is 0 Å². The molecular formula is C12H14FNO2S. The Morgan fingerprint density at radius 2 is 2.12 bits per heavy atom. The number of carbonyl (C=O) groups is 1. The van der Waals surface area contributed by atoms with Crippen molar-refractivity contribution in [3.8, 4) is 5.75 Å². The van der Waals surface area contributed by atoms with Crippen molar-refractivity contribution in [2.45, 2.75) is 0 Å². The summed E-state index contributed by atoms with van der Waals surface area (Å²) in [5.41, 5.74) is 0.123. The van der Waals surface area contributed by atoms with Gasteiger partial charge in [-0.25, -0.2) is 4.39 Å². The number of nitrogens with zero attached hydrogens (tertiary/aromatic N) is 1. The molecule has 1 aromatic carbocycles. The van der Waals surface area contributed by atoms with E-state index in [1.54, 1.807) is 11.0 Å². The van der Waals surface area contributed by atoms with Gasteiger partial charge in [0.1, 0.15) is 11.6 Å². The summed E-state index contributed by atoms with van der Waals surface area (Å²) in [5, 5.41) is 0. The molecule has 0 bridgehead atoms. The fourth-order valence-electron chi connectivity index (χ4n) is 1.73. The normalized spacial score (nSPS) is 15.8. The van der Waals surface area contributed by atoms with Crippen LogP contribution in [0.2, 0.25) is 0 Å². The molecule has 2 rings (SSSR count). The van der Waals surface area contributed by atoms with Gasteiger partial charge in [-0.15, -0.1) is 0 Å². The minimum absolute atomic E-state index is 0.123. The number of halogens is 1. The molecule has 1 aromatic rings. The molecular weight excluding hydrogens is 241 g/mol. The number of thioether (sulfide) groups is 1. The monoisotopic (exact) mass is 255 g/mol. The topological polar surface area (TPSA) is 29.5 Å². The average Bonchev–Trinajstić information content (AvgIpc) is 2.39. The van der Waals surface area contributed by atoms with E-state index in [-0.39, 0.29) is 11.5 Å². The third-order valence-electron chi connectivity index (χ3n) is 2.70. The highest BCUT2D eigenvalue weighted by molar-refractivity contribution is 7.99. The summed E-state index contributed by atoms with van der Waals surface area (Å²) in [6.45, 7) is 1.38. The van der Waals surface area contributed by atoms with Crippen LogP contribution in [0.15, 0.2) is 18.2 Å². The Morgan fingerprint density at radius 3 is 2.71 bits per heavy atom. The molecule has 0 atom stereocenters. The van der Waals surface area contributed by atoms with E-state index in [2.05, 4.69) is 0 Å². The standard InChI is InChI=1S/C12H14FNO2S/c1-16-9-2-3-10(11(13)8-9)12(15)14-4-6-17-7-5-14/h2-3,8H,4-7H2,1H3. The summed E-state index contributed by atoms with van der Waals surface area (Å²) >= 11 is 1.81. The number of hydrogen-bond acceptors (Lipinski definition) is 3. The van der Waals surface area contributed by atoms with E-state index in [1.165, 1.54) is 19.2 Å². The third-order valence-corrected chi connectivity index (χ3v) is 3.65. The summed E-state index contributed by atoms with van der Waals surface area (Å²) in [5.74, 6) is 1.51. The molecule has 92 valence electrons. The lowest BCUT2D eigenvalue weighted by atomic mass is 10.1. The van der Waals surface area contributed by atoms with Crippen LogP contribution in [0.1, 0.15) is 10.4 Å². The molecule has 0 radical (unpaired) electrons. The second kappa shape index (κ2) is 5.40. The van der Waals surface area contributed by atoms with Crippen LogP contribution in [0.4, 0.5) is 4.39 Å². The van der Waals surface area contributed by atoms with E-state index in [0.29, 0.717) is 18.8 Å². The Labute approximate surface area is 104 Å². The van der Waals surface area contributed by atoms with E-state index in [4.69, 9.17) is 4.74 Å². The molecule has 0 aliphatic carbocycles. The molecule has 1 aliphatic heterocycles. The van der Waals surface area contributed by atoms with E-state index in [1.807, 2.05) is 11.8 Å². The second-order valence-electron chi connectivity index (χ2n) is 3.75. The number of carbonyl (C=O) groups excluding carboxylic acids is 1. The average molecular weight is 255 g/mol. The van der Waals surface area contributed by atoms with E-state index in [0.717, 1.165) is 11.5 Å². The minimum atomic E-state index is -0.521. The summed E-state index contributed by atoms with van der Waals surface area (Å²) < 4.78 is 18.6. The molecule has 5 heteroatoms. The zero-order valence-corrected chi connectivity index (χ0v) is 10.4. The van der Waals surface area contributed by atoms with Crippen molar-refractivity contribution in [1.82, 2.24) is 4.90 Å². The molecule has 0 saturated carbocycles. The maximum absolute atomic E-state index is 13.7. The van der Waals surface area contributed by atoms with E-state index < -0.39 is 5.82 Å². The SMILES string of the molecule is COc1ccc(C(=O)N2CCSCC2)c(F)c1. The molecule has 1 saturated heterocycles. The van der Waals surface area contributed by atoms with Crippen molar-refractivity contribution in [2.24, 2.45) is 0 Å².